The smallest absolute Gasteiger partial charge is 0.271 e. The van der Waals surface area contributed by atoms with Crippen LogP contribution in [0.25, 0.3) is 0 Å². The van der Waals surface area contributed by atoms with Crippen LogP contribution < -0.4 is 5.32 Å². The summed E-state index contributed by atoms with van der Waals surface area (Å²) in [4.78, 5) is 15.6. The van der Waals surface area contributed by atoms with Crippen molar-refractivity contribution in [1.82, 2.24) is 20.5 Å². The molecule has 15 heavy (non-hydrogen) atoms. The molecule has 0 aromatic carbocycles. The Bertz CT molecular complexity index is 448. The van der Waals surface area contributed by atoms with Crippen molar-refractivity contribution in [2.45, 2.75) is 13.5 Å². The molecule has 6 heteroatoms. The Kier molecular flexibility index (Phi) is 2.77. The Balaban J connectivity index is 1.93. The highest BCUT2D eigenvalue weighted by molar-refractivity contribution is 7.09. The fourth-order valence-electron chi connectivity index (χ4n) is 1.11. The topological polar surface area (TPSA) is 70.7 Å². The number of hydrogen-bond donors (Lipinski definition) is 2. The van der Waals surface area contributed by atoms with Crippen LogP contribution in [0.2, 0.25) is 0 Å². The van der Waals surface area contributed by atoms with E-state index in [0.29, 0.717) is 12.2 Å². The first-order chi connectivity index (χ1) is 7.25. The van der Waals surface area contributed by atoms with Crippen LogP contribution in [0.1, 0.15) is 21.1 Å². The van der Waals surface area contributed by atoms with Crippen molar-refractivity contribution in [1.29, 1.82) is 0 Å². The highest BCUT2D eigenvalue weighted by atomic mass is 32.1. The number of aromatic amines is 1. The van der Waals surface area contributed by atoms with Gasteiger partial charge in [0.1, 0.15) is 5.69 Å². The van der Waals surface area contributed by atoms with Crippen molar-refractivity contribution in [3.8, 4) is 0 Å². The summed E-state index contributed by atoms with van der Waals surface area (Å²) in [7, 11) is 0. The number of thiazole rings is 1. The molecule has 2 heterocycles. The molecule has 0 bridgehead atoms. The van der Waals surface area contributed by atoms with Gasteiger partial charge >= 0.3 is 0 Å². The molecule has 0 fully saturated rings. The van der Waals surface area contributed by atoms with Crippen LogP contribution in [0.4, 0.5) is 0 Å². The molecule has 78 valence electrons. The Morgan fingerprint density at radius 1 is 1.67 bits per heavy atom. The molecular weight excluding hydrogens is 212 g/mol. The molecule has 2 aromatic rings. The molecule has 1 amide bonds. The summed E-state index contributed by atoms with van der Waals surface area (Å²) in [5, 5.41) is 11.9. The number of rotatable bonds is 3. The van der Waals surface area contributed by atoms with Crippen LogP contribution in [0.3, 0.4) is 0 Å². The van der Waals surface area contributed by atoms with E-state index in [1.165, 1.54) is 11.3 Å². The first-order valence-electron chi connectivity index (χ1n) is 4.43. The number of aromatic nitrogens is 3. The number of aryl methyl sites for hydroxylation is 1. The lowest BCUT2D eigenvalue weighted by Crippen LogP contribution is -2.22. The summed E-state index contributed by atoms with van der Waals surface area (Å²) in [6, 6.07) is 0. The molecule has 0 radical (unpaired) electrons. The van der Waals surface area contributed by atoms with Crippen molar-refractivity contribution < 1.29 is 4.79 Å². The number of hydrogen-bond acceptors (Lipinski definition) is 4. The SMILES string of the molecule is Cc1nc(C(=O)NCc2cn[nH]c2)cs1. The molecule has 2 N–H and O–H groups in total. The standard InChI is InChI=1S/C9H10N4OS/c1-6-13-8(5-15-6)9(14)10-2-7-3-11-12-4-7/h3-5H,2H2,1H3,(H,10,14)(H,11,12). The molecule has 0 unspecified atom stereocenters. The van der Waals surface area contributed by atoms with Gasteiger partial charge in [0.15, 0.2) is 0 Å². The normalized spacial score (nSPS) is 10.2. The zero-order chi connectivity index (χ0) is 10.7. The quantitative estimate of drug-likeness (QED) is 0.817. The average Bonchev–Trinajstić information content (AvgIpc) is 2.84. The first kappa shape index (κ1) is 9.85. The van der Waals surface area contributed by atoms with Crippen molar-refractivity contribution in [2.24, 2.45) is 0 Å². The molecule has 0 atom stereocenters. The van der Waals surface area contributed by atoms with Gasteiger partial charge in [-0.3, -0.25) is 9.89 Å². The van der Waals surface area contributed by atoms with E-state index in [9.17, 15) is 4.79 Å². The fraction of sp³-hybridized carbons (Fsp3) is 0.222. The van der Waals surface area contributed by atoms with Crippen LogP contribution in [-0.2, 0) is 6.54 Å². The van der Waals surface area contributed by atoms with Gasteiger partial charge in [-0.15, -0.1) is 11.3 Å². The summed E-state index contributed by atoms with van der Waals surface area (Å²) < 4.78 is 0. The van der Waals surface area contributed by atoms with E-state index in [1.54, 1.807) is 17.8 Å². The average molecular weight is 222 g/mol. The molecule has 2 rings (SSSR count). The first-order valence-corrected chi connectivity index (χ1v) is 5.31. The number of carbonyl (C=O) groups is 1. The Hall–Kier alpha value is -1.69. The van der Waals surface area contributed by atoms with Crippen LogP contribution in [0, 0.1) is 6.92 Å². The number of nitrogens with one attached hydrogen (secondary N) is 2. The zero-order valence-corrected chi connectivity index (χ0v) is 8.97. The van der Waals surface area contributed by atoms with E-state index in [4.69, 9.17) is 0 Å². The predicted molar refractivity (Wildman–Crippen MR) is 56.6 cm³/mol. The molecule has 0 aliphatic carbocycles. The van der Waals surface area contributed by atoms with E-state index < -0.39 is 0 Å². The molecule has 0 aliphatic rings. The Morgan fingerprint density at radius 3 is 3.13 bits per heavy atom. The summed E-state index contributed by atoms with van der Waals surface area (Å²) in [5.74, 6) is -0.152. The minimum absolute atomic E-state index is 0.152. The maximum absolute atomic E-state index is 11.6. The Morgan fingerprint density at radius 2 is 2.53 bits per heavy atom. The van der Waals surface area contributed by atoms with Crippen molar-refractivity contribution in [3.05, 3.63) is 34.0 Å². The van der Waals surface area contributed by atoms with Gasteiger partial charge in [0, 0.05) is 23.7 Å². The van der Waals surface area contributed by atoms with Gasteiger partial charge < -0.3 is 5.32 Å². The van der Waals surface area contributed by atoms with E-state index in [2.05, 4.69) is 20.5 Å². The third kappa shape index (κ3) is 2.41. The third-order valence-electron chi connectivity index (χ3n) is 1.86. The maximum atomic E-state index is 11.6. The van der Waals surface area contributed by atoms with E-state index >= 15 is 0 Å². The summed E-state index contributed by atoms with van der Waals surface area (Å²) in [6.07, 6.45) is 3.42. The predicted octanol–water partition coefficient (Wildman–Crippen LogP) is 1.10. The van der Waals surface area contributed by atoms with Gasteiger partial charge in [-0.25, -0.2) is 4.98 Å². The number of nitrogens with zero attached hydrogens (tertiary/aromatic N) is 2. The number of H-pyrrole nitrogens is 1. The lowest BCUT2D eigenvalue weighted by Gasteiger charge is -1.99. The minimum Gasteiger partial charge on any atom is -0.346 e. The summed E-state index contributed by atoms with van der Waals surface area (Å²) >= 11 is 1.47. The van der Waals surface area contributed by atoms with Crippen LogP contribution in [0.5, 0.6) is 0 Å². The zero-order valence-electron chi connectivity index (χ0n) is 8.15. The second kappa shape index (κ2) is 4.22. The van der Waals surface area contributed by atoms with E-state index in [1.807, 2.05) is 6.92 Å². The van der Waals surface area contributed by atoms with Crippen LogP contribution in [-0.4, -0.2) is 21.1 Å². The Labute approximate surface area is 90.6 Å². The third-order valence-corrected chi connectivity index (χ3v) is 2.63. The van der Waals surface area contributed by atoms with E-state index in [-0.39, 0.29) is 5.91 Å². The van der Waals surface area contributed by atoms with Gasteiger partial charge in [0.05, 0.1) is 11.2 Å². The van der Waals surface area contributed by atoms with Gasteiger partial charge in [0.2, 0.25) is 0 Å². The van der Waals surface area contributed by atoms with Gasteiger partial charge in [-0.05, 0) is 6.92 Å². The van der Waals surface area contributed by atoms with Gasteiger partial charge in [0.25, 0.3) is 5.91 Å². The van der Waals surface area contributed by atoms with Gasteiger partial charge in [-0.1, -0.05) is 0 Å². The van der Waals surface area contributed by atoms with E-state index in [0.717, 1.165) is 10.6 Å². The summed E-state index contributed by atoms with van der Waals surface area (Å²) in [6.45, 7) is 2.34. The van der Waals surface area contributed by atoms with Crippen LogP contribution in [0.15, 0.2) is 17.8 Å². The van der Waals surface area contributed by atoms with Crippen molar-refractivity contribution >= 4 is 17.2 Å². The highest BCUT2D eigenvalue weighted by Crippen LogP contribution is 2.07. The minimum atomic E-state index is -0.152. The van der Waals surface area contributed by atoms with Crippen molar-refractivity contribution in [3.63, 3.8) is 0 Å². The molecule has 0 aliphatic heterocycles. The molecule has 0 saturated heterocycles. The van der Waals surface area contributed by atoms with Crippen molar-refractivity contribution in [2.75, 3.05) is 0 Å². The molecule has 0 saturated carbocycles. The largest absolute Gasteiger partial charge is 0.346 e. The van der Waals surface area contributed by atoms with Crippen LogP contribution >= 0.6 is 11.3 Å². The number of amides is 1. The molecule has 5 nitrogen and oxygen atoms in total. The molecular formula is C9H10N4OS. The second-order valence-electron chi connectivity index (χ2n) is 3.04. The number of carbonyl (C=O) groups excluding carboxylic acids is 1. The summed E-state index contributed by atoms with van der Waals surface area (Å²) in [5.41, 5.74) is 1.41. The monoisotopic (exact) mass is 222 g/mol. The second-order valence-corrected chi connectivity index (χ2v) is 4.10. The highest BCUT2D eigenvalue weighted by Gasteiger charge is 2.08. The molecule has 0 spiro atoms. The fourth-order valence-corrected chi connectivity index (χ4v) is 1.71. The molecule has 2 aromatic heterocycles. The maximum Gasteiger partial charge on any atom is 0.271 e. The lowest BCUT2D eigenvalue weighted by atomic mass is 10.3. The van der Waals surface area contributed by atoms with Gasteiger partial charge in [-0.2, -0.15) is 5.10 Å². The lowest BCUT2D eigenvalue weighted by molar-refractivity contribution is 0.0946.